The third-order valence-electron chi connectivity index (χ3n) is 1.80. The number of hydrogen-bond acceptors (Lipinski definition) is 4. The number of rotatable bonds is 1. The average molecular weight is 210 g/mol. The summed E-state index contributed by atoms with van der Waals surface area (Å²) in [6, 6.07) is 1.84. The first-order chi connectivity index (χ1) is 6.66. The van der Waals surface area contributed by atoms with Crippen molar-refractivity contribution in [2.24, 2.45) is 7.05 Å². The Bertz CT molecular complexity index is 444. The third kappa shape index (κ3) is 1.58. The van der Waals surface area contributed by atoms with Crippen molar-refractivity contribution in [1.82, 2.24) is 25.0 Å². The number of nitrogens with zero attached hydrogens (tertiary/aromatic N) is 5. The minimum Gasteiger partial charge on any atom is -0.246 e. The largest absolute Gasteiger partial charge is 0.246 e. The fraction of sp³-hybridized carbons (Fsp3) is 0.250. The summed E-state index contributed by atoms with van der Waals surface area (Å²) in [4.78, 5) is 8.07. The van der Waals surface area contributed by atoms with E-state index < -0.39 is 0 Å². The first kappa shape index (κ1) is 9.08. The molecule has 0 aliphatic heterocycles. The predicted octanol–water partition coefficient (Wildman–Crippen LogP) is 1.23. The second-order valence-electron chi connectivity index (χ2n) is 2.91. The molecule has 0 saturated carbocycles. The summed E-state index contributed by atoms with van der Waals surface area (Å²) < 4.78 is 1.64. The van der Waals surface area contributed by atoms with Crippen LogP contribution in [0.5, 0.6) is 0 Å². The summed E-state index contributed by atoms with van der Waals surface area (Å²) in [5.41, 5.74) is 2.37. The smallest absolute Gasteiger partial charge is 0.223 e. The van der Waals surface area contributed by atoms with Crippen molar-refractivity contribution in [3.05, 3.63) is 23.2 Å². The third-order valence-corrected chi connectivity index (χ3v) is 1.97. The molecule has 2 rings (SSSR count). The molecule has 14 heavy (non-hydrogen) atoms. The van der Waals surface area contributed by atoms with Gasteiger partial charge in [0, 0.05) is 12.7 Å². The van der Waals surface area contributed by atoms with Crippen molar-refractivity contribution >= 4 is 11.6 Å². The van der Waals surface area contributed by atoms with Gasteiger partial charge in [-0.05, 0) is 24.6 Å². The monoisotopic (exact) mass is 209 g/mol. The highest BCUT2D eigenvalue weighted by atomic mass is 35.5. The van der Waals surface area contributed by atoms with Gasteiger partial charge in [0.05, 0.1) is 11.9 Å². The minimum atomic E-state index is 0.237. The molecule has 0 N–H and O–H groups in total. The fourth-order valence-electron chi connectivity index (χ4n) is 1.19. The molecular weight excluding hydrogens is 202 g/mol. The molecular formula is C8H8ClN5. The van der Waals surface area contributed by atoms with E-state index in [4.69, 9.17) is 11.6 Å². The molecule has 6 heteroatoms. The summed E-state index contributed by atoms with van der Waals surface area (Å²) in [6.07, 6.45) is 1.64. The van der Waals surface area contributed by atoms with Crippen LogP contribution in [0.1, 0.15) is 5.69 Å². The average Bonchev–Trinajstić information content (AvgIpc) is 2.49. The summed E-state index contributed by atoms with van der Waals surface area (Å²) in [5.74, 6) is 0. The Hall–Kier alpha value is -1.49. The van der Waals surface area contributed by atoms with Crippen LogP contribution in [0, 0.1) is 6.92 Å². The lowest BCUT2D eigenvalue weighted by atomic mass is 10.3. The van der Waals surface area contributed by atoms with E-state index in [9.17, 15) is 0 Å². The zero-order valence-corrected chi connectivity index (χ0v) is 8.52. The number of aryl methyl sites for hydroxylation is 2. The molecule has 0 spiro atoms. The molecule has 0 radical (unpaired) electrons. The maximum Gasteiger partial charge on any atom is 0.223 e. The molecule has 2 heterocycles. The van der Waals surface area contributed by atoms with Gasteiger partial charge in [-0.2, -0.15) is 0 Å². The van der Waals surface area contributed by atoms with Gasteiger partial charge in [-0.25, -0.2) is 14.6 Å². The first-order valence-electron chi connectivity index (χ1n) is 4.03. The Labute approximate surface area is 85.8 Å². The highest BCUT2D eigenvalue weighted by Gasteiger charge is 2.07. The van der Waals surface area contributed by atoms with Crippen LogP contribution in [0.2, 0.25) is 5.28 Å². The van der Waals surface area contributed by atoms with Gasteiger partial charge in [-0.1, -0.05) is 5.21 Å². The molecule has 0 atom stereocenters. The van der Waals surface area contributed by atoms with Crippen LogP contribution >= 0.6 is 11.6 Å². The molecule has 0 amide bonds. The first-order valence-corrected chi connectivity index (χ1v) is 4.41. The normalized spacial score (nSPS) is 10.5. The molecule has 2 aromatic heterocycles. The quantitative estimate of drug-likeness (QED) is 0.663. The van der Waals surface area contributed by atoms with Gasteiger partial charge in [-0.15, -0.1) is 5.10 Å². The van der Waals surface area contributed by atoms with Crippen molar-refractivity contribution in [1.29, 1.82) is 0 Å². The van der Waals surface area contributed by atoms with Crippen molar-refractivity contribution in [2.75, 3.05) is 0 Å². The van der Waals surface area contributed by atoms with Crippen LogP contribution in [-0.2, 0) is 7.05 Å². The maximum absolute atomic E-state index is 5.75. The van der Waals surface area contributed by atoms with Gasteiger partial charge >= 0.3 is 0 Å². The lowest BCUT2D eigenvalue weighted by Gasteiger charge is -2.01. The summed E-state index contributed by atoms with van der Waals surface area (Å²) in [7, 11) is 1.80. The van der Waals surface area contributed by atoms with Gasteiger partial charge in [0.15, 0.2) is 0 Å². The Morgan fingerprint density at radius 3 is 2.71 bits per heavy atom. The SMILES string of the molecule is Cc1cc(-c2cnnn2C)nc(Cl)n1. The van der Waals surface area contributed by atoms with Crippen LogP contribution in [-0.4, -0.2) is 25.0 Å². The zero-order chi connectivity index (χ0) is 10.1. The predicted molar refractivity (Wildman–Crippen MR) is 51.8 cm³/mol. The van der Waals surface area contributed by atoms with E-state index in [1.807, 2.05) is 13.0 Å². The molecule has 0 unspecified atom stereocenters. The topological polar surface area (TPSA) is 56.5 Å². The summed E-state index contributed by atoms with van der Waals surface area (Å²) >= 11 is 5.75. The Morgan fingerprint density at radius 2 is 2.14 bits per heavy atom. The lowest BCUT2D eigenvalue weighted by Crippen LogP contribution is -1.97. The van der Waals surface area contributed by atoms with Crippen LogP contribution in [0.25, 0.3) is 11.4 Å². The highest BCUT2D eigenvalue weighted by Crippen LogP contribution is 2.16. The van der Waals surface area contributed by atoms with Crippen molar-refractivity contribution < 1.29 is 0 Å². The van der Waals surface area contributed by atoms with Crippen LogP contribution in [0.15, 0.2) is 12.3 Å². The molecule has 0 aliphatic rings. The molecule has 72 valence electrons. The number of hydrogen-bond donors (Lipinski definition) is 0. The van der Waals surface area contributed by atoms with Gasteiger partial charge in [0.25, 0.3) is 0 Å². The fourth-order valence-corrected chi connectivity index (χ4v) is 1.41. The Balaban J connectivity index is 2.57. The standard InChI is InChI=1S/C8H8ClN5/c1-5-3-6(12-8(9)11-5)7-4-10-13-14(7)2/h3-4H,1-2H3. The van der Waals surface area contributed by atoms with E-state index in [0.717, 1.165) is 17.1 Å². The van der Waals surface area contributed by atoms with E-state index in [1.165, 1.54) is 0 Å². The molecule has 0 fully saturated rings. The van der Waals surface area contributed by atoms with Crippen LogP contribution < -0.4 is 0 Å². The molecule has 2 aromatic rings. The van der Waals surface area contributed by atoms with Crippen molar-refractivity contribution in [3.63, 3.8) is 0 Å². The summed E-state index contributed by atoms with van der Waals surface area (Å²) in [6.45, 7) is 1.86. The van der Waals surface area contributed by atoms with Gasteiger partial charge < -0.3 is 0 Å². The molecule has 0 aliphatic carbocycles. The Morgan fingerprint density at radius 1 is 1.36 bits per heavy atom. The maximum atomic E-state index is 5.75. The highest BCUT2D eigenvalue weighted by molar-refractivity contribution is 6.28. The molecule has 0 saturated heterocycles. The van der Waals surface area contributed by atoms with Crippen LogP contribution in [0.3, 0.4) is 0 Å². The van der Waals surface area contributed by atoms with E-state index in [0.29, 0.717) is 0 Å². The van der Waals surface area contributed by atoms with Gasteiger partial charge in [0.1, 0.15) is 5.69 Å². The summed E-state index contributed by atoms with van der Waals surface area (Å²) in [5, 5.41) is 7.82. The number of aromatic nitrogens is 5. The molecule has 0 aromatic carbocycles. The van der Waals surface area contributed by atoms with Gasteiger partial charge in [0.2, 0.25) is 5.28 Å². The van der Waals surface area contributed by atoms with Gasteiger partial charge in [-0.3, -0.25) is 0 Å². The number of halogens is 1. The van der Waals surface area contributed by atoms with E-state index in [2.05, 4.69) is 20.3 Å². The molecule has 0 bridgehead atoms. The van der Waals surface area contributed by atoms with Crippen molar-refractivity contribution in [2.45, 2.75) is 6.92 Å². The second-order valence-corrected chi connectivity index (χ2v) is 3.24. The van der Waals surface area contributed by atoms with Crippen LogP contribution in [0.4, 0.5) is 0 Å². The van der Waals surface area contributed by atoms with E-state index in [-0.39, 0.29) is 5.28 Å². The van der Waals surface area contributed by atoms with E-state index in [1.54, 1.807) is 17.9 Å². The lowest BCUT2D eigenvalue weighted by molar-refractivity contribution is 0.719. The Kier molecular flexibility index (Phi) is 2.17. The van der Waals surface area contributed by atoms with Crippen molar-refractivity contribution in [3.8, 4) is 11.4 Å². The molecule has 5 nitrogen and oxygen atoms in total. The minimum absolute atomic E-state index is 0.237. The second kappa shape index (κ2) is 3.34. The van der Waals surface area contributed by atoms with E-state index >= 15 is 0 Å². The zero-order valence-electron chi connectivity index (χ0n) is 7.77.